The maximum absolute atomic E-state index is 13.9. The van der Waals surface area contributed by atoms with Gasteiger partial charge in [-0.2, -0.15) is 13.2 Å². The number of pyridine rings is 4. The Kier molecular flexibility index (Phi) is 20.5. The number of rotatable bonds is 19. The number of hydrogen-bond donors (Lipinski definition) is 2. The van der Waals surface area contributed by atoms with Crippen LogP contribution in [0.3, 0.4) is 0 Å². The van der Waals surface area contributed by atoms with Gasteiger partial charge in [0.05, 0.1) is 58.0 Å². The van der Waals surface area contributed by atoms with Crippen LogP contribution in [0.1, 0.15) is 112 Å². The van der Waals surface area contributed by atoms with E-state index in [9.17, 15) is 46.7 Å². The predicted octanol–water partition coefficient (Wildman–Crippen LogP) is 8.89. The number of alkyl halides is 3. The maximum Gasteiger partial charge on any atom is 0.430 e. The number of halogens is 3. The number of esters is 4. The summed E-state index contributed by atoms with van der Waals surface area (Å²) in [5, 5.41) is 14.0. The molecule has 2 amide bonds. The predicted molar refractivity (Wildman–Crippen MR) is 335 cm³/mol. The highest BCUT2D eigenvalue weighted by Gasteiger charge is 2.52. The molecule has 90 heavy (non-hydrogen) atoms. The summed E-state index contributed by atoms with van der Waals surface area (Å²) in [5.74, 6) is -5.55. The van der Waals surface area contributed by atoms with Gasteiger partial charge in [-0.3, -0.25) is 19.2 Å². The van der Waals surface area contributed by atoms with E-state index in [2.05, 4.69) is 43.6 Å². The fourth-order valence-electron chi connectivity index (χ4n) is 12.7. The first-order chi connectivity index (χ1) is 42.5. The molecule has 0 saturated heterocycles. The number of nitrogens with two attached hydrogens (primary N) is 1. The third kappa shape index (κ3) is 13.7. The Morgan fingerprint density at radius 1 is 0.667 bits per heavy atom. The molecule has 10 rings (SSSR count). The number of carboxylic acids is 1. The molecule has 0 radical (unpaired) electrons. The van der Waals surface area contributed by atoms with Crippen molar-refractivity contribution >= 4 is 73.8 Å². The molecule has 0 spiro atoms. The van der Waals surface area contributed by atoms with Crippen molar-refractivity contribution in [2.45, 2.75) is 174 Å². The molecule has 0 fully saturated rings. The lowest BCUT2D eigenvalue weighted by Gasteiger charge is -2.35. The molecule has 6 aromatic rings. The number of carbonyl (C=O) groups is 6. The Balaban J connectivity index is 0.000000212. The highest BCUT2D eigenvalue weighted by molar-refractivity contribution is 6.77. The summed E-state index contributed by atoms with van der Waals surface area (Å²) in [6.45, 7) is 22.8. The first-order valence-corrected chi connectivity index (χ1v) is 37.5. The molecule has 0 saturated carbocycles. The van der Waals surface area contributed by atoms with Gasteiger partial charge in [-0.1, -0.05) is 101 Å². The number of aryl methyl sites for hydroxylation is 2. The number of aromatic nitrogens is 4. The van der Waals surface area contributed by atoms with E-state index in [1.165, 1.54) is 31.0 Å². The molecule has 482 valence electrons. The summed E-state index contributed by atoms with van der Waals surface area (Å²) in [5.41, 5.74) is 12.5. The number of nitrogens with one attached hydrogen (secondary N) is 1. The average Bonchev–Trinajstić information content (AvgIpc) is 1.47. The number of benzene rings is 2. The highest BCUT2D eigenvalue weighted by Crippen LogP contribution is 2.45. The summed E-state index contributed by atoms with van der Waals surface area (Å²) in [7, 11) is -3.10. The van der Waals surface area contributed by atoms with E-state index in [0.29, 0.717) is 72.9 Å². The summed E-state index contributed by atoms with van der Waals surface area (Å²) < 4.78 is 57.0. The Hall–Kier alpha value is -8.04. The van der Waals surface area contributed by atoms with Gasteiger partial charge < -0.3 is 53.9 Å². The second-order valence-electron chi connectivity index (χ2n) is 24.7. The van der Waals surface area contributed by atoms with Gasteiger partial charge in [-0.05, 0) is 94.3 Å². The zero-order chi connectivity index (χ0) is 65.8. The monoisotopic (exact) mass is 1280 g/mol. The van der Waals surface area contributed by atoms with Crippen molar-refractivity contribution in [1.29, 1.82) is 0 Å². The van der Waals surface area contributed by atoms with Crippen LogP contribution in [0, 0.1) is 0 Å². The molecule has 2 atom stereocenters. The molecular formula is C65H79F3N7O13Si2-. The smallest absolute Gasteiger partial charge is 0.430 e. The van der Waals surface area contributed by atoms with Crippen LogP contribution < -0.4 is 27.3 Å². The molecule has 25 heteroatoms. The molecular weight excluding hydrogens is 1200 g/mol. The summed E-state index contributed by atoms with van der Waals surface area (Å²) in [6, 6.07) is 24.2. The minimum Gasteiger partial charge on any atom is -0.542 e. The van der Waals surface area contributed by atoms with Crippen molar-refractivity contribution in [3.63, 3.8) is 0 Å². The summed E-state index contributed by atoms with van der Waals surface area (Å²) >= 11 is 0. The van der Waals surface area contributed by atoms with Crippen molar-refractivity contribution in [3.05, 3.63) is 126 Å². The van der Waals surface area contributed by atoms with Gasteiger partial charge in [0.25, 0.3) is 11.1 Å². The molecule has 4 aromatic heterocycles. The fourth-order valence-corrected chi connectivity index (χ4v) is 17.4. The topological polar surface area (TPSA) is 273 Å². The average molecular weight is 1280 g/mol. The van der Waals surface area contributed by atoms with Crippen LogP contribution >= 0.6 is 0 Å². The third-order valence-corrected chi connectivity index (χ3v) is 24.4. The molecule has 2 aromatic carbocycles. The number of carboxylic acid groups (broad SMARTS) is 1. The molecule has 0 unspecified atom stereocenters. The number of para-hydroxylation sites is 2. The van der Waals surface area contributed by atoms with Gasteiger partial charge >= 0.3 is 36.1 Å². The summed E-state index contributed by atoms with van der Waals surface area (Å²) in [4.78, 5) is 111. The van der Waals surface area contributed by atoms with Crippen molar-refractivity contribution in [1.82, 2.24) is 29.3 Å². The second-order valence-corrected chi connectivity index (χ2v) is 35.4. The van der Waals surface area contributed by atoms with Crippen LogP contribution in [0.25, 0.3) is 44.6 Å². The van der Waals surface area contributed by atoms with Gasteiger partial charge in [0.15, 0.2) is 0 Å². The Bertz CT molecular complexity index is 3940. The normalized spacial score (nSPS) is 17.0. The lowest BCUT2D eigenvalue weighted by molar-refractivity contribution is -0.344. The molecule has 3 N–H and O–H groups in total. The van der Waals surface area contributed by atoms with E-state index >= 15 is 0 Å². The standard InChI is InChI=1S/C34H44N4O6Si.C29H35N3O5Si.C2HF3O2/c1-7-34(44-22(4)39)27-19-29-30-25(20-38(29)31(40)26(27)21-43-32(34)41)23(24-13-10-11-14-28(24)36-30)15-18-45(5,6)17-12-16-35-33(42)37(8-2)9-3;1-5-29(37-18(2)33)23-15-25-26-21(16-32(25)27(34)22(23)17-36-28(29)35)19(11-14-38(3,4)13-8-12-30)20-9-6-7-10-24(20)31-26;3-2(4,5)1(6)7/h10-11,13-14,19H,7-9,12,15-18,20-21H2,1-6H3,(H,35,42);6-7,9-10,15H,5,8,11-14,16-17,30H2,1-4H3;(H,6,7)/p-1/t34-;29-;/m00./s1. The first-order valence-electron chi connectivity index (χ1n) is 30.6. The second kappa shape index (κ2) is 27.2. The van der Waals surface area contributed by atoms with E-state index in [1.54, 1.807) is 27.9 Å². The SMILES string of the molecule is CCN(CC)C(=O)NCCC[Si](C)(C)CCc1c2c(nc3ccccc13)-c1cc3c(c(=O)n1C2)COC(=O)[C@@]3(CC)OC(C)=O.CC[C@@]1(OC(C)=O)C(=O)OCc2c1cc1n(c2=O)Cc2c-1nc1ccccc1c2CC[Si](C)(C)CCCN.O=C([O-])C(F)(F)F. The van der Waals surface area contributed by atoms with Crippen LogP contribution in [0.15, 0.2) is 70.3 Å². The minimum atomic E-state index is -5.19. The van der Waals surface area contributed by atoms with E-state index in [4.69, 9.17) is 44.6 Å². The van der Waals surface area contributed by atoms with Crippen molar-refractivity contribution < 1.29 is 66.0 Å². The first kappa shape index (κ1) is 67.9. The van der Waals surface area contributed by atoms with Gasteiger partial charge in [0.1, 0.15) is 19.2 Å². The third-order valence-electron chi connectivity index (χ3n) is 17.7. The number of amides is 2. The van der Waals surface area contributed by atoms with E-state index in [0.717, 1.165) is 88.1 Å². The van der Waals surface area contributed by atoms with Crippen molar-refractivity contribution in [2.75, 3.05) is 26.2 Å². The van der Waals surface area contributed by atoms with Crippen molar-refractivity contribution in [3.8, 4) is 22.8 Å². The number of carbonyl (C=O) groups excluding carboxylic acids is 6. The van der Waals surface area contributed by atoms with E-state index < -0.39 is 63.4 Å². The molecule has 4 aliphatic heterocycles. The number of nitrogens with zero attached hydrogens (tertiary/aromatic N) is 5. The molecule has 8 heterocycles. The van der Waals surface area contributed by atoms with Gasteiger partial charge in [-0.15, -0.1) is 0 Å². The van der Waals surface area contributed by atoms with Crippen LogP contribution in [0.2, 0.25) is 50.4 Å². The number of ether oxygens (including phenoxy) is 4. The largest absolute Gasteiger partial charge is 0.542 e. The van der Waals surface area contributed by atoms with Gasteiger partial charge in [0.2, 0.25) is 11.2 Å². The lowest BCUT2D eigenvalue weighted by Crippen LogP contribution is -2.47. The number of cyclic esters (lactones) is 2. The zero-order valence-corrected chi connectivity index (χ0v) is 54.8. The Labute approximate surface area is 521 Å². The van der Waals surface area contributed by atoms with Crippen LogP contribution in [-0.4, -0.2) is 108 Å². The zero-order valence-electron chi connectivity index (χ0n) is 52.8. The number of aliphatic carboxylic acids is 1. The van der Waals surface area contributed by atoms with E-state index in [1.807, 2.05) is 62.4 Å². The van der Waals surface area contributed by atoms with Crippen molar-refractivity contribution in [2.24, 2.45) is 5.73 Å². The van der Waals surface area contributed by atoms with Crippen LogP contribution in [0.4, 0.5) is 18.0 Å². The van der Waals surface area contributed by atoms with E-state index in [-0.39, 0.29) is 43.2 Å². The number of fused-ring (bicyclic) bond motifs is 10. The molecule has 0 aliphatic carbocycles. The number of hydrogen-bond acceptors (Lipinski definition) is 16. The highest BCUT2D eigenvalue weighted by atomic mass is 28.3. The quantitative estimate of drug-likeness (QED) is 0.0331. The molecule has 0 bridgehead atoms. The molecule has 20 nitrogen and oxygen atoms in total. The Morgan fingerprint density at radius 3 is 1.43 bits per heavy atom. The number of urea groups is 1. The van der Waals surface area contributed by atoms with Crippen LogP contribution in [0.5, 0.6) is 0 Å². The van der Waals surface area contributed by atoms with Gasteiger partial charge in [0, 0.05) is 82.7 Å². The maximum atomic E-state index is 13.9. The molecule has 4 aliphatic rings. The fraction of sp³-hybridized carbons (Fsp3) is 0.477. The minimum absolute atomic E-state index is 0.00487. The Morgan fingerprint density at radius 2 is 1.07 bits per heavy atom. The summed E-state index contributed by atoms with van der Waals surface area (Å²) in [6.07, 6.45) is -1.14. The lowest BCUT2D eigenvalue weighted by atomic mass is 9.85. The van der Waals surface area contributed by atoms with Crippen LogP contribution in [-0.2, 0) is 93.3 Å². The van der Waals surface area contributed by atoms with Gasteiger partial charge in [-0.25, -0.2) is 24.4 Å².